The number of hydrogen-bond acceptors (Lipinski definition) is 2. The van der Waals surface area contributed by atoms with Gasteiger partial charge in [0.05, 0.1) is 0 Å². The molecule has 112 valence electrons. The van der Waals surface area contributed by atoms with Gasteiger partial charge in [0.2, 0.25) is 0 Å². The normalized spacial score (nSPS) is 12.2. The van der Waals surface area contributed by atoms with E-state index in [-0.39, 0.29) is 0 Å². The van der Waals surface area contributed by atoms with Gasteiger partial charge in [0.25, 0.3) is 0 Å². The Morgan fingerprint density at radius 2 is 0.792 bits per heavy atom. The van der Waals surface area contributed by atoms with E-state index in [0.29, 0.717) is 0 Å². The van der Waals surface area contributed by atoms with Crippen LogP contribution in [-0.2, 0) is 0 Å². The van der Waals surface area contributed by atoms with E-state index in [1.165, 1.54) is 0 Å². The van der Waals surface area contributed by atoms with Crippen LogP contribution in [0.25, 0.3) is 54.6 Å². The van der Waals surface area contributed by atoms with E-state index in [2.05, 4.69) is 36.4 Å². The first kappa shape index (κ1) is 12.2. The first-order valence-electron chi connectivity index (χ1n) is 8.05. The second-order valence-electron chi connectivity index (χ2n) is 6.15. The number of hydrogen-bond donors (Lipinski definition) is 0. The fourth-order valence-electron chi connectivity index (χ4n) is 3.85. The zero-order valence-electron chi connectivity index (χ0n) is 12.7. The van der Waals surface area contributed by atoms with Gasteiger partial charge in [-0.2, -0.15) is 0 Å². The second kappa shape index (κ2) is 4.18. The summed E-state index contributed by atoms with van der Waals surface area (Å²) in [6.07, 6.45) is 0. The molecule has 2 nitrogen and oxygen atoms in total. The molecule has 4 aromatic carbocycles. The molecule has 2 heterocycles. The van der Waals surface area contributed by atoms with Gasteiger partial charge in [-0.1, -0.05) is 60.7 Å². The van der Waals surface area contributed by atoms with Crippen LogP contribution >= 0.6 is 0 Å². The van der Waals surface area contributed by atoms with Crippen molar-refractivity contribution in [3.05, 3.63) is 72.8 Å². The van der Waals surface area contributed by atoms with Crippen LogP contribution in [0.2, 0.25) is 0 Å². The summed E-state index contributed by atoms with van der Waals surface area (Å²) in [6.45, 7) is 0. The molecule has 0 saturated carbocycles. The van der Waals surface area contributed by atoms with Crippen molar-refractivity contribution >= 4 is 54.6 Å². The van der Waals surface area contributed by atoms with Crippen molar-refractivity contribution in [2.45, 2.75) is 0 Å². The lowest BCUT2D eigenvalue weighted by molar-refractivity contribution is 0.668. The molecule has 0 N–H and O–H groups in total. The molecule has 2 aromatic heterocycles. The van der Waals surface area contributed by atoms with Crippen molar-refractivity contribution in [3.63, 3.8) is 0 Å². The fourth-order valence-corrected chi connectivity index (χ4v) is 3.85. The van der Waals surface area contributed by atoms with Crippen LogP contribution < -0.4 is 0 Å². The predicted octanol–water partition coefficient (Wildman–Crippen LogP) is 6.64. The smallest absolute Gasteiger partial charge is 0.144 e. The summed E-state index contributed by atoms with van der Waals surface area (Å²) < 4.78 is 12.5. The van der Waals surface area contributed by atoms with Crippen molar-refractivity contribution in [3.8, 4) is 0 Å². The molecular weight excluding hydrogens is 296 g/mol. The Kier molecular flexibility index (Phi) is 2.12. The van der Waals surface area contributed by atoms with E-state index in [0.717, 1.165) is 54.6 Å². The molecule has 0 atom stereocenters. The molecule has 6 rings (SSSR count). The molecule has 6 aromatic rings. The minimum Gasteiger partial charge on any atom is -0.455 e. The third-order valence-corrected chi connectivity index (χ3v) is 4.86. The van der Waals surface area contributed by atoms with Crippen LogP contribution in [0.15, 0.2) is 81.6 Å². The van der Waals surface area contributed by atoms with Crippen molar-refractivity contribution in [2.24, 2.45) is 0 Å². The SMILES string of the molecule is c1ccc2c(c1)oc1c3ccccc3c3oc4ccccc4c3c21. The number of fused-ring (bicyclic) bond motifs is 10. The molecule has 0 aliphatic carbocycles. The summed E-state index contributed by atoms with van der Waals surface area (Å²) >= 11 is 0. The Morgan fingerprint density at radius 1 is 0.417 bits per heavy atom. The molecule has 24 heavy (non-hydrogen) atoms. The molecule has 0 radical (unpaired) electrons. The maximum absolute atomic E-state index is 6.25. The zero-order chi connectivity index (χ0) is 15.7. The van der Waals surface area contributed by atoms with Crippen molar-refractivity contribution in [1.29, 1.82) is 0 Å². The Labute approximate surface area is 136 Å². The molecule has 0 aliphatic rings. The van der Waals surface area contributed by atoms with Gasteiger partial charge in [-0.15, -0.1) is 0 Å². The summed E-state index contributed by atoms with van der Waals surface area (Å²) in [5.74, 6) is 0. The highest BCUT2D eigenvalue weighted by atomic mass is 16.3. The average molecular weight is 308 g/mol. The first-order valence-corrected chi connectivity index (χ1v) is 8.05. The van der Waals surface area contributed by atoms with Gasteiger partial charge in [-0.05, 0) is 12.1 Å². The number of para-hydroxylation sites is 2. The lowest BCUT2D eigenvalue weighted by atomic mass is 10.00. The van der Waals surface area contributed by atoms with Crippen LogP contribution in [-0.4, -0.2) is 0 Å². The number of furan rings is 2. The standard InChI is InChI=1S/C22H12O2/c1-2-8-14-13(7-1)21-19(15-9-3-5-11-17(15)23-21)20-16-10-4-6-12-18(16)24-22(14)20/h1-12H. The summed E-state index contributed by atoms with van der Waals surface area (Å²) in [5.41, 5.74) is 3.70. The lowest BCUT2D eigenvalue weighted by Gasteiger charge is -2.01. The third kappa shape index (κ3) is 1.36. The zero-order valence-corrected chi connectivity index (χ0v) is 12.7. The van der Waals surface area contributed by atoms with Gasteiger partial charge in [0.1, 0.15) is 22.3 Å². The number of rotatable bonds is 0. The Bertz CT molecular complexity index is 1290. The van der Waals surface area contributed by atoms with E-state index >= 15 is 0 Å². The summed E-state index contributed by atoms with van der Waals surface area (Å²) in [7, 11) is 0. The van der Waals surface area contributed by atoms with E-state index < -0.39 is 0 Å². The van der Waals surface area contributed by atoms with E-state index in [1.54, 1.807) is 0 Å². The molecule has 2 heteroatoms. The topological polar surface area (TPSA) is 26.3 Å². The minimum atomic E-state index is 0.912. The van der Waals surface area contributed by atoms with Crippen LogP contribution in [0.4, 0.5) is 0 Å². The largest absolute Gasteiger partial charge is 0.455 e. The van der Waals surface area contributed by atoms with E-state index in [9.17, 15) is 0 Å². The molecule has 0 unspecified atom stereocenters. The summed E-state index contributed by atoms with van der Waals surface area (Å²) in [5, 5.41) is 6.74. The van der Waals surface area contributed by atoms with Gasteiger partial charge in [-0.25, -0.2) is 0 Å². The summed E-state index contributed by atoms with van der Waals surface area (Å²) in [6, 6.07) is 24.7. The van der Waals surface area contributed by atoms with Crippen LogP contribution in [0, 0.1) is 0 Å². The van der Waals surface area contributed by atoms with Gasteiger partial charge in [0.15, 0.2) is 0 Å². The van der Waals surface area contributed by atoms with Crippen molar-refractivity contribution in [1.82, 2.24) is 0 Å². The number of benzene rings is 4. The molecule has 0 spiro atoms. The Hall–Kier alpha value is -3.26. The van der Waals surface area contributed by atoms with Gasteiger partial charge in [0, 0.05) is 32.3 Å². The molecule has 0 fully saturated rings. The monoisotopic (exact) mass is 308 g/mol. The summed E-state index contributed by atoms with van der Waals surface area (Å²) in [4.78, 5) is 0. The predicted molar refractivity (Wildman–Crippen MR) is 98.5 cm³/mol. The molecule has 0 aliphatic heterocycles. The fraction of sp³-hybridized carbons (Fsp3) is 0. The van der Waals surface area contributed by atoms with E-state index in [4.69, 9.17) is 8.83 Å². The highest BCUT2D eigenvalue weighted by molar-refractivity contribution is 6.34. The lowest BCUT2D eigenvalue weighted by Crippen LogP contribution is -1.76. The maximum atomic E-state index is 6.25. The highest BCUT2D eigenvalue weighted by Gasteiger charge is 2.19. The maximum Gasteiger partial charge on any atom is 0.144 e. The van der Waals surface area contributed by atoms with Crippen molar-refractivity contribution in [2.75, 3.05) is 0 Å². The minimum absolute atomic E-state index is 0.912. The highest BCUT2D eigenvalue weighted by Crippen LogP contribution is 2.44. The average Bonchev–Trinajstić information content (AvgIpc) is 3.20. The molecule has 0 bridgehead atoms. The van der Waals surface area contributed by atoms with Crippen LogP contribution in [0.5, 0.6) is 0 Å². The van der Waals surface area contributed by atoms with Crippen LogP contribution in [0.1, 0.15) is 0 Å². The molecule has 0 saturated heterocycles. The first-order chi connectivity index (χ1) is 11.9. The van der Waals surface area contributed by atoms with E-state index in [1.807, 2.05) is 36.4 Å². The third-order valence-electron chi connectivity index (χ3n) is 4.86. The van der Waals surface area contributed by atoms with Crippen molar-refractivity contribution < 1.29 is 8.83 Å². The Balaban J connectivity index is 2.10. The Morgan fingerprint density at radius 3 is 1.25 bits per heavy atom. The second-order valence-corrected chi connectivity index (χ2v) is 6.15. The van der Waals surface area contributed by atoms with Crippen LogP contribution in [0.3, 0.4) is 0 Å². The van der Waals surface area contributed by atoms with Gasteiger partial charge in [-0.3, -0.25) is 0 Å². The quantitative estimate of drug-likeness (QED) is 0.314. The van der Waals surface area contributed by atoms with Gasteiger partial charge < -0.3 is 8.83 Å². The molecular formula is C22H12O2. The molecule has 0 amide bonds. The van der Waals surface area contributed by atoms with Gasteiger partial charge >= 0.3 is 0 Å².